The van der Waals surface area contributed by atoms with Crippen molar-refractivity contribution in [2.75, 3.05) is 11.4 Å². The van der Waals surface area contributed by atoms with Crippen LogP contribution in [0.4, 0.5) is 10.5 Å². The molecule has 0 saturated carbocycles. The minimum atomic E-state index is -0.610. The molecule has 6 nitrogen and oxygen atoms in total. The molecule has 1 saturated heterocycles. The van der Waals surface area contributed by atoms with E-state index in [0.29, 0.717) is 5.69 Å². The van der Waals surface area contributed by atoms with Crippen molar-refractivity contribution in [2.24, 2.45) is 0 Å². The van der Waals surface area contributed by atoms with Crippen LogP contribution in [0.25, 0.3) is 0 Å². The van der Waals surface area contributed by atoms with Gasteiger partial charge in [-0.2, -0.15) is 0 Å². The van der Waals surface area contributed by atoms with Crippen molar-refractivity contribution in [1.29, 1.82) is 0 Å². The maximum Gasteiger partial charge on any atom is 0.332 e. The first-order chi connectivity index (χ1) is 11.4. The van der Waals surface area contributed by atoms with Gasteiger partial charge < -0.3 is 5.32 Å². The van der Waals surface area contributed by atoms with E-state index in [4.69, 9.17) is 0 Å². The van der Waals surface area contributed by atoms with Gasteiger partial charge in [-0.1, -0.05) is 31.5 Å². The maximum absolute atomic E-state index is 12.6. The van der Waals surface area contributed by atoms with Crippen LogP contribution in [0.2, 0.25) is 0 Å². The lowest BCUT2D eigenvalue weighted by Crippen LogP contribution is -2.44. The van der Waals surface area contributed by atoms with Crippen LogP contribution in [0, 0.1) is 6.92 Å². The Morgan fingerprint density at radius 3 is 2.29 bits per heavy atom. The molecule has 0 aromatic heterocycles. The van der Waals surface area contributed by atoms with Crippen molar-refractivity contribution in [3.05, 3.63) is 29.8 Å². The molecule has 0 aliphatic carbocycles. The fourth-order valence-corrected chi connectivity index (χ4v) is 2.82. The standard InChI is InChI=1S/C18H25N3O3/c1-5-14(6-2)19-16(22)11-20-17(23)13(4)21(18(20)24)15-9-7-12(3)8-10-15/h7-10,13-14H,5-6,11H2,1-4H3,(H,19,22). The van der Waals surface area contributed by atoms with Crippen molar-refractivity contribution in [1.82, 2.24) is 10.2 Å². The first kappa shape index (κ1) is 18.0. The molecule has 0 bridgehead atoms. The Bertz CT molecular complexity index is 623. The SMILES string of the molecule is CCC(CC)NC(=O)CN1C(=O)C(C)N(c2ccc(C)cc2)C1=O. The first-order valence-corrected chi connectivity index (χ1v) is 8.39. The summed E-state index contributed by atoms with van der Waals surface area (Å²) in [5.41, 5.74) is 1.74. The van der Waals surface area contributed by atoms with Gasteiger partial charge >= 0.3 is 6.03 Å². The average Bonchev–Trinajstić information content (AvgIpc) is 2.77. The second kappa shape index (κ2) is 7.47. The van der Waals surface area contributed by atoms with Gasteiger partial charge in [0.2, 0.25) is 5.91 Å². The van der Waals surface area contributed by atoms with Crippen molar-refractivity contribution >= 4 is 23.5 Å². The zero-order chi connectivity index (χ0) is 17.9. The lowest BCUT2D eigenvalue weighted by atomic mass is 10.2. The quantitative estimate of drug-likeness (QED) is 0.814. The lowest BCUT2D eigenvalue weighted by molar-refractivity contribution is -0.132. The Morgan fingerprint density at radius 2 is 1.75 bits per heavy atom. The Balaban J connectivity index is 2.12. The van der Waals surface area contributed by atoms with Gasteiger partial charge in [-0.15, -0.1) is 0 Å². The summed E-state index contributed by atoms with van der Waals surface area (Å²) in [6.07, 6.45) is 1.63. The molecular formula is C18H25N3O3. The fraction of sp³-hybridized carbons (Fsp3) is 0.500. The minimum absolute atomic E-state index is 0.0657. The second-order valence-corrected chi connectivity index (χ2v) is 6.17. The minimum Gasteiger partial charge on any atom is -0.352 e. The number of rotatable bonds is 6. The molecule has 1 aromatic carbocycles. The third kappa shape index (κ3) is 3.58. The van der Waals surface area contributed by atoms with Gasteiger partial charge in [-0.3, -0.25) is 19.4 Å². The highest BCUT2D eigenvalue weighted by Crippen LogP contribution is 2.25. The highest BCUT2D eigenvalue weighted by molar-refractivity contribution is 6.15. The van der Waals surface area contributed by atoms with Crippen molar-refractivity contribution in [2.45, 2.75) is 52.6 Å². The van der Waals surface area contributed by atoms with E-state index in [0.717, 1.165) is 23.3 Å². The molecule has 130 valence electrons. The Morgan fingerprint density at radius 1 is 1.17 bits per heavy atom. The van der Waals surface area contributed by atoms with Crippen LogP contribution >= 0.6 is 0 Å². The molecule has 1 unspecified atom stereocenters. The van der Waals surface area contributed by atoms with Gasteiger partial charge in [0.15, 0.2) is 0 Å². The van der Waals surface area contributed by atoms with Crippen LogP contribution in [0.15, 0.2) is 24.3 Å². The number of carbonyl (C=O) groups excluding carboxylic acids is 3. The smallest absolute Gasteiger partial charge is 0.332 e. The molecule has 1 heterocycles. The van der Waals surface area contributed by atoms with Gasteiger partial charge in [0.05, 0.1) is 0 Å². The monoisotopic (exact) mass is 331 g/mol. The fourth-order valence-electron chi connectivity index (χ4n) is 2.82. The average molecular weight is 331 g/mol. The number of nitrogens with one attached hydrogen (secondary N) is 1. The topological polar surface area (TPSA) is 69.7 Å². The molecule has 24 heavy (non-hydrogen) atoms. The number of urea groups is 1. The van der Waals surface area contributed by atoms with Crippen molar-refractivity contribution < 1.29 is 14.4 Å². The van der Waals surface area contributed by atoms with Gasteiger partial charge in [0.1, 0.15) is 12.6 Å². The summed E-state index contributed by atoms with van der Waals surface area (Å²) in [5, 5.41) is 2.86. The maximum atomic E-state index is 12.6. The van der Waals surface area contributed by atoms with Crippen LogP contribution in [-0.2, 0) is 9.59 Å². The summed E-state index contributed by atoms with van der Waals surface area (Å²) < 4.78 is 0. The molecular weight excluding hydrogens is 306 g/mol. The largest absolute Gasteiger partial charge is 0.352 e. The van der Waals surface area contributed by atoms with E-state index in [2.05, 4.69) is 5.32 Å². The Kier molecular flexibility index (Phi) is 5.59. The van der Waals surface area contributed by atoms with Gasteiger partial charge in [-0.05, 0) is 38.8 Å². The summed E-state index contributed by atoms with van der Waals surface area (Å²) in [4.78, 5) is 39.6. The normalized spacial score (nSPS) is 17.8. The second-order valence-electron chi connectivity index (χ2n) is 6.17. The molecule has 1 aliphatic rings. The Hall–Kier alpha value is -2.37. The van der Waals surface area contributed by atoms with E-state index >= 15 is 0 Å². The van der Waals surface area contributed by atoms with Crippen LogP contribution in [0.3, 0.4) is 0 Å². The third-order valence-electron chi connectivity index (χ3n) is 4.41. The number of hydrogen-bond donors (Lipinski definition) is 1. The lowest BCUT2D eigenvalue weighted by Gasteiger charge is -2.20. The molecule has 1 aliphatic heterocycles. The van der Waals surface area contributed by atoms with Crippen LogP contribution < -0.4 is 10.2 Å². The number of hydrogen-bond acceptors (Lipinski definition) is 3. The predicted molar refractivity (Wildman–Crippen MR) is 92.7 cm³/mol. The van der Waals surface area contributed by atoms with Crippen molar-refractivity contribution in [3.63, 3.8) is 0 Å². The molecule has 2 rings (SSSR count). The highest BCUT2D eigenvalue weighted by atomic mass is 16.2. The summed E-state index contributed by atoms with van der Waals surface area (Å²) in [7, 11) is 0. The molecule has 1 fully saturated rings. The summed E-state index contributed by atoms with van der Waals surface area (Å²) in [6, 6.07) is 6.41. The summed E-state index contributed by atoms with van der Waals surface area (Å²) >= 11 is 0. The Labute approximate surface area is 142 Å². The molecule has 4 amide bonds. The van der Waals surface area contributed by atoms with Crippen LogP contribution in [0.1, 0.15) is 39.2 Å². The number of anilines is 1. The number of nitrogens with zero attached hydrogens (tertiary/aromatic N) is 2. The molecule has 0 radical (unpaired) electrons. The number of aryl methyl sites for hydroxylation is 1. The zero-order valence-electron chi connectivity index (χ0n) is 14.7. The van der Waals surface area contributed by atoms with E-state index in [1.165, 1.54) is 4.90 Å². The predicted octanol–water partition coefficient (Wildman–Crippen LogP) is 2.46. The summed E-state index contributed by atoms with van der Waals surface area (Å²) in [5.74, 6) is -0.649. The number of carbonyl (C=O) groups is 3. The van der Waals surface area contributed by atoms with Crippen LogP contribution in [-0.4, -0.2) is 41.4 Å². The molecule has 6 heteroatoms. The zero-order valence-corrected chi connectivity index (χ0v) is 14.7. The molecule has 0 spiro atoms. The van der Waals surface area contributed by atoms with E-state index in [9.17, 15) is 14.4 Å². The first-order valence-electron chi connectivity index (χ1n) is 8.39. The van der Waals surface area contributed by atoms with Crippen molar-refractivity contribution in [3.8, 4) is 0 Å². The van der Waals surface area contributed by atoms with Gasteiger partial charge in [0, 0.05) is 11.7 Å². The molecule has 1 aromatic rings. The summed E-state index contributed by atoms with van der Waals surface area (Å²) in [6.45, 7) is 7.38. The van der Waals surface area contributed by atoms with Crippen LogP contribution in [0.5, 0.6) is 0 Å². The van der Waals surface area contributed by atoms with Gasteiger partial charge in [0.25, 0.3) is 5.91 Å². The molecule has 1 N–H and O–H groups in total. The third-order valence-corrected chi connectivity index (χ3v) is 4.41. The molecule has 1 atom stereocenters. The number of benzene rings is 1. The van der Waals surface area contributed by atoms with E-state index in [1.807, 2.05) is 45.0 Å². The van der Waals surface area contributed by atoms with E-state index in [1.54, 1.807) is 6.92 Å². The van der Waals surface area contributed by atoms with E-state index in [-0.39, 0.29) is 24.4 Å². The number of imide groups is 1. The number of amides is 4. The highest BCUT2D eigenvalue weighted by Gasteiger charge is 2.44. The van der Waals surface area contributed by atoms with Gasteiger partial charge in [-0.25, -0.2) is 4.79 Å². The van der Waals surface area contributed by atoms with E-state index < -0.39 is 12.1 Å².